The minimum Gasteiger partial charge on any atom is -0.412 e. The van der Waals surface area contributed by atoms with Crippen LogP contribution >= 0.6 is 319 Å². The molecule has 2 nitrogen and oxygen atoms in total. The van der Waals surface area contributed by atoms with Gasteiger partial charge in [0, 0.05) is 0 Å². The number of hydrogen-bond acceptors (Lipinski definition) is 1. The Bertz CT molecular complexity index is 1360. The zero-order valence-corrected chi connectivity index (χ0v) is 53.0. The van der Waals surface area contributed by atoms with Crippen LogP contribution in [-0.4, -0.2) is 40.4 Å². The van der Waals surface area contributed by atoms with E-state index in [1.54, 1.807) is 0 Å². The number of rotatable bonds is 4. The lowest BCUT2D eigenvalue weighted by Crippen LogP contribution is -2.84. The fraction of sp³-hybridized carbons (Fsp3) is 0.500. The maximum Gasteiger partial charge on any atom is 0.173 e. The van der Waals surface area contributed by atoms with Crippen molar-refractivity contribution < 1.29 is 10.2 Å². The van der Waals surface area contributed by atoms with Gasteiger partial charge in [-0.1, -0.05) is 347 Å². The summed E-state index contributed by atoms with van der Waals surface area (Å²) in [7, 11) is 0. The molecule has 0 saturated heterocycles. The van der Waals surface area contributed by atoms with E-state index in [1.807, 2.05) is 60.7 Å². The van der Waals surface area contributed by atoms with Crippen molar-refractivity contribution in [1.82, 2.24) is 0 Å². The molecule has 0 aliphatic heterocycles. The van der Waals surface area contributed by atoms with Crippen molar-refractivity contribution in [3.05, 3.63) is 71.8 Å². The second-order valence-electron chi connectivity index (χ2n) is 9.94. The highest BCUT2D eigenvalue weighted by Gasteiger charge is 2.91. The third-order valence-electron chi connectivity index (χ3n) is 7.55. The van der Waals surface area contributed by atoms with Crippen LogP contribution in [0.4, 0.5) is 0 Å². The highest BCUT2D eigenvalue weighted by atomic mass is 80.0. The van der Waals surface area contributed by atoms with Crippen LogP contribution in [0, 0.1) is 0 Å². The Hall–Kier alpha value is 7.96. The molecule has 0 aromatic heterocycles. The lowest BCUT2D eigenvalue weighted by Gasteiger charge is -2.72. The van der Waals surface area contributed by atoms with Gasteiger partial charge >= 0.3 is 0 Å². The molecule has 46 heavy (non-hydrogen) atoms. The van der Waals surface area contributed by atoms with Crippen molar-refractivity contribution in [3.8, 4) is 0 Å². The minimum atomic E-state index is -1.51. The van der Waals surface area contributed by atoms with E-state index in [9.17, 15) is 0 Å². The van der Waals surface area contributed by atoms with Gasteiger partial charge in [-0.05, 0) is 43.0 Å². The quantitative estimate of drug-likeness (QED) is 0.281. The molecule has 4 atom stereocenters. The fourth-order valence-corrected chi connectivity index (χ4v) is 28.3. The predicted octanol–water partition coefficient (Wildman–Crippen LogP) is 16.9. The molecule has 2 aliphatic rings. The van der Waals surface area contributed by atoms with Crippen LogP contribution in [0.1, 0.15) is 11.1 Å². The molecule has 0 radical (unpaired) electrons. The van der Waals surface area contributed by atoms with Crippen LogP contribution < -0.4 is 0 Å². The summed E-state index contributed by atoms with van der Waals surface area (Å²) in [6.45, 7) is 0. The fourth-order valence-electron chi connectivity index (χ4n) is 4.99. The molecule has 260 valence electrons. The number of hydrogen-bond donors (Lipinski definition) is 0. The van der Waals surface area contributed by atoms with Gasteiger partial charge < -0.3 is 10.2 Å². The van der Waals surface area contributed by atoms with Crippen molar-refractivity contribution >= 4 is 319 Å². The molecule has 2 aromatic rings. The summed E-state index contributed by atoms with van der Waals surface area (Å²) in [4.78, 5) is 0. The first-order valence-electron chi connectivity index (χ1n) is 11.5. The van der Waals surface area contributed by atoms with Crippen LogP contribution in [0.25, 0.3) is 0 Å². The maximum absolute atomic E-state index is 7.84. The van der Waals surface area contributed by atoms with Gasteiger partial charge in [-0.15, -0.1) is 0 Å². The van der Waals surface area contributed by atoms with Crippen LogP contribution in [0.3, 0.4) is 0 Å². The first kappa shape index (κ1) is 48.3. The summed E-state index contributed by atoms with van der Waals surface area (Å²) in [6, 6.07) is 19.9. The first-order chi connectivity index (χ1) is 19.9. The van der Waals surface area contributed by atoms with Crippen LogP contribution in [0.5, 0.6) is 0 Å². The average molecular weight is 1930 g/mol. The Labute approximate surface area is 435 Å². The molecule has 4 unspecified atom stereocenters. The SMILES string of the molecule is BrC1(Br)C(Br)(Br)C(Br)(Br)C(Br)(c2ccccc2)C(Br)(OC2(Br)C(Br)(Br)C(Br)(Br)C(Br)(Br)C(Br)(Br)C2(Br)c2ccccc2)C1(Br)Br.O. The molecule has 0 heterocycles. The van der Waals surface area contributed by atoms with Gasteiger partial charge in [0.2, 0.25) is 0 Å². The Morgan fingerprint density at radius 3 is 0.761 bits per heavy atom. The highest BCUT2D eigenvalue weighted by molar-refractivity contribution is 9.36. The van der Waals surface area contributed by atoms with Crippen molar-refractivity contribution in [3.63, 3.8) is 0 Å². The molecule has 2 saturated carbocycles. The third-order valence-corrected chi connectivity index (χ3v) is 50.5. The maximum atomic E-state index is 7.84. The monoisotopic (exact) mass is 1910 g/mol. The summed E-state index contributed by atoms with van der Waals surface area (Å²) >= 11 is 81.6. The molecule has 2 N–H and O–H groups in total. The summed E-state index contributed by atoms with van der Waals surface area (Å²) in [6.07, 6.45) is 0. The zero-order valence-electron chi connectivity index (χ0n) is 21.2. The van der Waals surface area contributed by atoms with Crippen molar-refractivity contribution in [2.24, 2.45) is 0 Å². The summed E-state index contributed by atoms with van der Waals surface area (Å²) in [5.41, 5.74) is 1.70. The van der Waals surface area contributed by atoms with Crippen LogP contribution in [0.2, 0.25) is 0 Å². The van der Waals surface area contributed by atoms with Gasteiger partial charge in [-0.3, -0.25) is 0 Å². The standard InChI is InChI=1S/C24H10Br20O.H2O/c25-13(11-7-3-1-4-8-11)15(27,28)17(31,32)19(35,36)21(39,40)23(13,43)45-24(44)14(26,12-9-5-2-6-10-12)16(29,30)18(33,34)20(37,38)22(24,41)42;/h1-10H;1H2. The van der Waals surface area contributed by atoms with E-state index in [0.29, 0.717) is 0 Å². The molecule has 4 rings (SSSR count). The van der Waals surface area contributed by atoms with Crippen LogP contribution in [-0.2, 0) is 13.4 Å². The molecule has 2 fully saturated rings. The third kappa shape index (κ3) is 6.00. The molecule has 0 amide bonds. The van der Waals surface area contributed by atoms with Gasteiger partial charge in [-0.25, -0.2) is 0 Å². The number of alkyl halides is 20. The summed E-state index contributed by atoms with van der Waals surface area (Å²) in [5, 5.41) is 0. The number of ether oxygens (including phenoxy) is 1. The second kappa shape index (κ2) is 15.2. The van der Waals surface area contributed by atoms with Crippen molar-refractivity contribution in [2.45, 2.75) is 43.5 Å². The number of halogens is 20. The van der Waals surface area contributed by atoms with E-state index in [4.69, 9.17) is 4.74 Å². The molecule has 22 heteroatoms. The Kier molecular flexibility index (Phi) is 16.0. The normalized spacial score (nSPS) is 37.5. The lowest BCUT2D eigenvalue weighted by molar-refractivity contribution is -0.110. The largest absolute Gasteiger partial charge is 0.412 e. The first-order valence-corrected chi connectivity index (χ1v) is 27.4. The topological polar surface area (TPSA) is 40.7 Å². The highest BCUT2D eigenvalue weighted by Crippen LogP contribution is 2.87. The van der Waals surface area contributed by atoms with Gasteiger partial charge in [0.25, 0.3) is 0 Å². The Morgan fingerprint density at radius 2 is 0.522 bits per heavy atom. The van der Waals surface area contributed by atoms with Gasteiger partial charge in [0.15, 0.2) is 9.02 Å². The summed E-state index contributed by atoms with van der Waals surface area (Å²) in [5.74, 6) is 0. The van der Waals surface area contributed by atoms with Gasteiger partial charge in [0.1, 0.15) is 34.5 Å². The van der Waals surface area contributed by atoms with Crippen molar-refractivity contribution in [2.75, 3.05) is 0 Å². The average Bonchev–Trinajstić information content (AvgIpc) is 2.94. The Balaban J connectivity index is 0.00000576. The van der Waals surface area contributed by atoms with E-state index >= 15 is 0 Å². The smallest absolute Gasteiger partial charge is 0.173 e. The minimum absolute atomic E-state index is 0. The van der Waals surface area contributed by atoms with Gasteiger partial charge in [-0.2, -0.15) is 0 Å². The molecule has 0 bridgehead atoms. The molecule has 2 aliphatic carbocycles. The summed E-state index contributed by atoms with van der Waals surface area (Å²) < 4.78 is -6.31. The van der Waals surface area contributed by atoms with E-state index in [0.717, 1.165) is 11.1 Å². The molecular formula is C24H12Br20O2. The van der Waals surface area contributed by atoms with Crippen molar-refractivity contribution in [1.29, 1.82) is 0 Å². The number of benzene rings is 2. The van der Waals surface area contributed by atoms with Crippen LogP contribution in [0.15, 0.2) is 60.7 Å². The van der Waals surface area contributed by atoms with Gasteiger partial charge in [0.05, 0.1) is 0 Å². The molecule has 0 spiro atoms. The van der Waals surface area contributed by atoms with E-state index < -0.39 is 43.5 Å². The Morgan fingerprint density at radius 1 is 0.304 bits per heavy atom. The lowest BCUT2D eigenvalue weighted by atomic mass is 9.77. The van der Waals surface area contributed by atoms with E-state index in [2.05, 4.69) is 319 Å². The van der Waals surface area contributed by atoms with E-state index in [1.165, 1.54) is 0 Å². The molecule has 2 aromatic carbocycles. The molecular weight excluding hydrogens is 1920 g/mol. The zero-order chi connectivity index (χ0) is 34.9. The van der Waals surface area contributed by atoms with E-state index in [-0.39, 0.29) is 5.48 Å². The predicted molar refractivity (Wildman–Crippen MR) is 267 cm³/mol. The second-order valence-corrected chi connectivity index (χ2v) is 42.1.